The van der Waals surface area contributed by atoms with Crippen molar-refractivity contribution in [3.8, 4) is 33.1 Å². The fourth-order valence-electron chi connectivity index (χ4n) is 4.61. The summed E-state index contributed by atoms with van der Waals surface area (Å²) in [5, 5.41) is 0. The van der Waals surface area contributed by atoms with E-state index < -0.39 is 5.82 Å². The van der Waals surface area contributed by atoms with Gasteiger partial charge in [0.1, 0.15) is 12.4 Å². The van der Waals surface area contributed by atoms with Gasteiger partial charge >= 0.3 is 0 Å². The van der Waals surface area contributed by atoms with E-state index in [9.17, 15) is 9.18 Å². The first-order chi connectivity index (χ1) is 19.0. The Labute approximate surface area is 231 Å². The maximum absolute atomic E-state index is 14.7. The molecular weight excluding hydrogens is 513 g/mol. The van der Waals surface area contributed by atoms with Gasteiger partial charge in [-0.3, -0.25) is 4.79 Å². The monoisotopic (exact) mass is 541 g/mol. The molecule has 0 aliphatic carbocycles. The topological polar surface area (TPSA) is 69.2 Å². The number of halogens is 1. The molecule has 1 saturated heterocycles. The highest BCUT2D eigenvalue weighted by Crippen LogP contribution is 2.43. The number of carbonyl (C=O) groups is 1. The number of rotatable bonds is 7. The molecule has 6 nitrogen and oxygen atoms in total. The van der Waals surface area contributed by atoms with E-state index in [4.69, 9.17) is 21.8 Å². The minimum absolute atomic E-state index is 0.0440. The first kappa shape index (κ1) is 26.4. The lowest BCUT2D eigenvalue weighted by Gasteiger charge is -2.29. The molecule has 1 amide bonds. The summed E-state index contributed by atoms with van der Waals surface area (Å²) >= 11 is 1.36. The van der Waals surface area contributed by atoms with Crippen molar-refractivity contribution in [1.29, 1.82) is 0 Å². The van der Waals surface area contributed by atoms with Crippen LogP contribution in [-0.4, -0.2) is 37.0 Å². The smallest absolute Gasteiger partial charge is 0.263 e. The maximum atomic E-state index is 14.7. The van der Waals surface area contributed by atoms with Crippen LogP contribution in [0.15, 0.2) is 72.8 Å². The van der Waals surface area contributed by atoms with Crippen molar-refractivity contribution in [2.75, 3.05) is 20.2 Å². The third-order valence-electron chi connectivity index (χ3n) is 6.81. The summed E-state index contributed by atoms with van der Waals surface area (Å²) in [7, 11) is 1.59. The van der Waals surface area contributed by atoms with E-state index in [1.54, 1.807) is 13.2 Å². The van der Waals surface area contributed by atoms with E-state index >= 15 is 0 Å². The van der Waals surface area contributed by atoms with Crippen molar-refractivity contribution >= 4 is 22.9 Å². The van der Waals surface area contributed by atoms with Crippen LogP contribution >= 0.6 is 11.3 Å². The number of thiophene rings is 1. The fraction of sp³-hybridized carbons (Fsp3) is 0.226. The van der Waals surface area contributed by atoms with E-state index in [0.29, 0.717) is 47.2 Å². The minimum Gasteiger partial charge on any atom is -0.493 e. The number of piperidine rings is 1. The first-order valence-corrected chi connectivity index (χ1v) is 13.5. The lowest BCUT2D eigenvalue weighted by atomic mass is 10.0. The predicted molar refractivity (Wildman–Crippen MR) is 152 cm³/mol. The Kier molecular flexibility index (Phi) is 7.92. The van der Waals surface area contributed by atoms with E-state index in [0.717, 1.165) is 28.8 Å². The molecule has 2 heterocycles. The van der Waals surface area contributed by atoms with Gasteiger partial charge < -0.3 is 20.1 Å². The molecule has 8 heteroatoms. The van der Waals surface area contributed by atoms with Crippen LogP contribution in [0.2, 0.25) is 0 Å². The van der Waals surface area contributed by atoms with Crippen molar-refractivity contribution < 1.29 is 18.7 Å². The zero-order valence-electron chi connectivity index (χ0n) is 21.5. The number of hydrogen-bond acceptors (Lipinski definition) is 5. The van der Waals surface area contributed by atoms with Gasteiger partial charge in [0, 0.05) is 29.6 Å². The molecule has 0 bridgehead atoms. The number of likely N-dealkylation sites (tertiary alicyclic amines) is 1. The Bertz CT molecular complexity index is 1520. The Morgan fingerprint density at radius 2 is 1.79 bits per heavy atom. The summed E-state index contributed by atoms with van der Waals surface area (Å²) in [5.41, 5.74) is 9.13. The molecule has 1 aromatic heterocycles. The SMILES string of the molecule is [C-]#[N+]c1ccc(-c2cc(C(=O)N3CCC(N)CC3)sc2-c2ccc(OC)c(OCc3ccccc3)c2)cc1F. The number of hydrogen-bond donors (Lipinski definition) is 1. The fourth-order valence-corrected chi connectivity index (χ4v) is 5.76. The molecule has 2 N–H and O–H groups in total. The number of methoxy groups -OCH3 is 1. The summed E-state index contributed by atoms with van der Waals surface area (Å²) in [6.45, 7) is 8.77. The van der Waals surface area contributed by atoms with Crippen LogP contribution in [0, 0.1) is 12.4 Å². The highest BCUT2D eigenvalue weighted by Gasteiger charge is 2.25. The van der Waals surface area contributed by atoms with Crippen LogP contribution in [0.3, 0.4) is 0 Å². The van der Waals surface area contributed by atoms with Gasteiger partial charge in [0.15, 0.2) is 11.5 Å². The summed E-state index contributed by atoms with van der Waals surface area (Å²) in [4.78, 5) is 19.9. The van der Waals surface area contributed by atoms with Crippen molar-refractivity contribution in [2.45, 2.75) is 25.5 Å². The molecular formula is C31H28FN3O3S. The van der Waals surface area contributed by atoms with Crippen LogP contribution in [-0.2, 0) is 6.61 Å². The summed E-state index contributed by atoms with van der Waals surface area (Å²) in [6, 6.07) is 21.9. The molecule has 4 aromatic rings. The second-order valence-corrected chi connectivity index (χ2v) is 10.5. The molecule has 0 atom stereocenters. The highest BCUT2D eigenvalue weighted by molar-refractivity contribution is 7.18. The zero-order valence-corrected chi connectivity index (χ0v) is 22.3. The molecule has 1 aliphatic rings. The van der Waals surface area contributed by atoms with Crippen molar-refractivity contribution in [3.63, 3.8) is 0 Å². The van der Waals surface area contributed by atoms with Gasteiger partial charge in [-0.2, -0.15) is 0 Å². The van der Waals surface area contributed by atoms with Gasteiger partial charge in [0.25, 0.3) is 5.91 Å². The second kappa shape index (κ2) is 11.7. The number of benzene rings is 3. The van der Waals surface area contributed by atoms with Gasteiger partial charge in [0.2, 0.25) is 5.69 Å². The van der Waals surface area contributed by atoms with Crippen LogP contribution in [0.5, 0.6) is 11.5 Å². The average Bonchev–Trinajstić information content (AvgIpc) is 3.42. The molecule has 198 valence electrons. The minimum atomic E-state index is -0.598. The Morgan fingerprint density at radius 1 is 1.05 bits per heavy atom. The third kappa shape index (κ3) is 5.80. The first-order valence-electron chi connectivity index (χ1n) is 12.7. The second-order valence-electron chi connectivity index (χ2n) is 9.40. The largest absolute Gasteiger partial charge is 0.493 e. The van der Waals surface area contributed by atoms with Gasteiger partial charge in [-0.15, -0.1) is 11.3 Å². The number of ether oxygens (including phenoxy) is 2. The average molecular weight is 542 g/mol. The van der Waals surface area contributed by atoms with Crippen LogP contribution in [0.1, 0.15) is 28.1 Å². The molecule has 1 fully saturated rings. The van der Waals surface area contributed by atoms with Crippen molar-refractivity contribution in [2.24, 2.45) is 5.73 Å². The van der Waals surface area contributed by atoms with Crippen LogP contribution in [0.4, 0.5) is 10.1 Å². The Morgan fingerprint density at radius 3 is 2.49 bits per heavy atom. The zero-order chi connectivity index (χ0) is 27.4. The van der Waals surface area contributed by atoms with Crippen molar-refractivity contribution in [1.82, 2.24) is 4.90 Å². The van der Waals surface area contributed by atoms with E-state index in [-0.39, 0.29) is 17.6 Å². The molecule has 0 radical (unpaired) electrons. The van der Waals surface area contributed by atoms with Crippen LogP contribution < -0.4 is 15.2 Å². The molecule has 39 heavy (non-hydrogen) atoms. The summed E-state index contributed by atoms with van der Waals surface area (Å²) in [6.07, 6.45) is 1.53. The van der Waals surface area contributed by atoms with E-state index in [1.165, 1.54) is 23.5 Å². The van der Waals surface area contributed by atoms with Gasteiger partial charge in [-0.1, -0.05) is 42.5 Å². The van der Waals surface area contributed by atoms with Crippen LogP contribution in [0.25, 0.3) is 26.4 Å². The Balaban J connectivity index is 1.55. The number of nitrogens with two attached hydrogens (primary N) is 1. The maximum Gasteiger partial charge on any atom is 0.263 e. The summed E-state index contributed by atoms with van der Waals surface area (Å²) < 4.78 is 26.3. The van der Waals surface area contributed by atoms with Gasteiger partial charge in [-0.05, 0) is 59.9 Å². The van der Waals surface area contributed by atoms with Crippen molar-refractivity contribution in [3.05, 3.63) is 100 Å². The Hall–Kier alpha value is -4.19. The lowest BCUT2D eigenvalue weighted by Crippen LogP contribution is -2.42. The molecule has 1 aliphatic heterocycles. The summed E-state index contributed by atoms with van der Waals surface area (Å²) in [5.74, 6) is 0.484. The molecule has 5 rings (SSSR count). The molecule has 0 saturated carbocycles. The predicted octanol–water partition coefficient (Wildman–Crippen LogP) is 6.92. The van der Waals surface area contributed by atoms with Gasteiger partial charge in [0.05, 0.1) is 18.6 Å². The standard InChI is InChI=1S/C31H28FN3O3S/c1-34-26-10-8-21(16-25(26)32)24-18-29(31(36)35-14-12-23(33)13-15-35)39-30(24)22-9-11-27(37-2)28(17-22)38-19-20-6-4-3-5-7-20/h3-11,16-18,23H,12-15,19,33H2,2H3. The van der Waals surface area contributed by atoms with E-state index in [2.05, 4.69) is 4.85 Å². The van der Waals surface area contributed by atoms with E-state index in [1.807, 2.05) is 59.5 Å². The lowest BCUT2D eigenvalue weighted by molar-refractivity contribution is 0.0719. The number of amides is 1. The highest BCUT2D eigenvalue weighted by atomic mass is 32.1. The normalized spacial score (nSPS) is 13.6. The molecule has 0 unspecified atom stereocenters. The number of carbonyl (C=O) groups excluding carboxylic acids is 1. The molecule has 0 spiro atoms. The quantitative estimate of drug-likeness (QED) is 0.258. The number of nitrogens with zero attached hydrogens (tertiary/aromatic N) is 2. The molecule has 3 aromatic carbocycles. The van der Waals surface area contributed by atoms with Gasteiger partial charge in [-0.25, -0.2) is 9.24 Å². The third-order valence-corrected chi connectivity index (χ3v) is 7.98.